The van der Waals surface area contributed by atoms with Crippen molar-refractivity contribution in [3.05, 3.63) is 16.1 Å². The van der Waals surface area contributed by atoms with Crippen LogP contribution in [0.3, 0.4) is 0 Å². The van der Waals surface area contributed by atoms with Crippen molar-refractivity contribution in [3.63, 3.8) is 0 Å². The van der Waals surface area contributed by atoms with Crippen molar-refractivity contribution in [3.8, 4) is 0 Å². The van der Waals surface area contributed by atoms with Crippen LogP contribution in [0.4, 0.5) is 0 Å². The Morgan fingerprint density at radius 3 is 2.65 bits per heavy atom. The Hall–Kier alpha value is -0.450. The number of aromatic nitrogens is 1. The van der Waals surface area contributed by atoms with Gasteiger partial charge in [0.25, 0.3) is 0 Å². The third-order valence-corrected chi connectivity index (χ3v) is 4.92. The number of rotatable bonds is 4. The quantitative estimate of drug-likeness (QED) is 0.893. The second-order valence-corrected chi connectivity index (χ2v) is 5.83. The van der Waals surface area contributed by atoms with Crippen LogP contribution in [0.15, 0.2) is 5.38 Å². The lowest BCUT2D eigenvalue weighted by molar-refractivity contribution is 0.140. The lowest BCUT2D eigenvalue weighted by Gasteiger charge is -2.40. The maximum atomic E-state index is 4.69. The van der Waals surface area contributed by atoms with Gasteiger partial charge in [-0.05, 0) is 39.8 Å². The molecule has 96 valence electrons. The molecule has 1 saturated heterocycles. The van der Waals surface area contributed by atoms with Crippen LogP contribution < -0.4 is 5.32 Å². The predicted octanol–water partition coefficient (Wildman–Crippen LogP) is 2.37. The van der Waals surface area contributed by atoms with Crippen molar-refractivity contribution in [2.24, 2.45) is 0 Å². The van der Waals surface area contributed by atoms with Gasteiger partial charge in [0.15, 0.2) is 0 Å². The van der Waals surface area contributed by atoms with Gasteiger partial charge in [-0.25, -0.2) is 4.98 Å². The van der Waals surface area contributed by atoms with Crippen molar-refractivity contribution in [1.29, 1.82) is 0 Å². The Morgan fingerprint density at radius 2 is 2.18 bits per heavy atom. The predicted molar refractivity (Wildman–Crippen MR) is 73.6 cm³/mol. The van der Waals surface area contributed by atoms with Gasteiger partial charge in [0.05, 0.1) is 5.54 Å². The van der Waals surface area contributed by atoms with Crippen LogP contribution in [0, 0.1) is 6.92 Å². The van der Waals surface area contributed by atoms with E-state index in [0.29, 0.717) is 0 Å². The molecule has 17 heavy (non-hydrogen) atoms. The molecule has 1 fully saturated rings. The average Bonchev–Trinajstić information content (AvgIpc) is 2.78. The summed E-state index contributed by atoms with van der Waals surface area (Å²) in [7, 11) is 2.08. The summed E-state index contributed by atoms with van der Waals surface area (Å²) in [5.41, 5.74) is 1.28. The molecule has 0 aliphatic carbocycles. The Bertz CT molecular complexity index is 353. The van der Waals surface area contributed by atoms with Gasteiger partial charge < -0.3 is 10.2 Å². The molecule has 0 radical (unpaired) electrons. The molecule has 0 spiro atoms. The summed E-state index contributed by atoms with van der Waals surface area (Å²) < 4.78 is 0. The normalized spacial score (nSPS) is 20.6. The zero-order chi connectivity index (χ0) is 12.3. The van der Waals surface area contributed by atoms with Crippen molar-refractivity contribution in [2.45, 2.75) is 38.6 Å². The zero-order valence-corrected chi connectivity index (χ0v) is 11.9. The summed E-state index contributed by atoms with van der Waals surface area (Å²) in [4.78, 5) is 7.25. The number of hydrogen-bond donors (Lipinski definition) is 1. The van der Waals surface area contributed by atoms with E-state index in [0.717, 1.165) is 5.69 Å². The summed E-state index contributed by atoms with van der Waals surface area (Å²) in [5.74, 6) is 0. The number of likely N-dealkylation sites (tertiary alicyclic amines) is 1. The Kier molecular flexibility index (Phi) is 4.17. The molecule has 1 N–H and O–H groups in total. The Morgan fingerprint density at radius 1 is 1.47 bits per heavy atom. The van der Waals surface area contributed by atoms with Gasteiger partial charge in [0.1, 0.15) is 5.01 Å². The SMILES string of the molecule is CCCN1CCC(NC)(c2nc(C)cs2)CC1. The van der Waals surface area contributed by atoms with Crippen LogP contribution in [0.25, 0.3) is 0 Å². The van der Waals surface area contributed by atoms with E-state index in [2.05, 4.69) is 41.5 Å². The first kappa shape index (κ1) is 13.0. The number of thiazole rings is 1. The monoisotopic (exact) mass is 253 g/mol. The molecular weight excluding hydrogens is 230 g/mol. The third kappa shape index (κ3) is 2.69. The second kappa shape index (κ2) is 5.46. The van der Waals surface area contributed by atoms with Crippen molar-refractivity contribution < 1.29 is 0 Å². The second-order valence-electron chi connectivity index (χ2n) is 4.97. The first-order chi connectivity index (χ1) is 8.20. The molecule has 1 aliphatic heterocycles. The zero-order valence-electron chi connectivity index (χ0n) is 11.1. The van der Waals surface area contributed by atoms with Gasteiger partial charge in [0.2, 0.25) is 0 Å². The van der Waals surface area contributed by atoms with Crippen molar-refractivity contribution in [2.75, 3.05) is 26.7 Å². The Balaban J connectivity index is 2.08. The van der Waals surface area contributed by atoms with E-state index >= 15 is 0 Å². The first-order valence-corrected chi connectivity index (χ1v) is 7.42. The number of piperidine rings is 1. The number of aryl methyl sites for hydroxylation is 1. The molecule has 1 aromatic heterocycles. The highest BCUT2D eigenvalue weighted by Gasteiger charge is 2.36. The molecule has 1 aromatic rings. The summed E-state index contributed by atoms with van der Waals surface area (Å²) in [6, 6.07) is 0. The van der Waals surface area contributed by atoms with Gasteiger partial charge >= 0.3 is 0 Å². The van der Waals surface area contributed by atoms with Crippen LogP contribution in [-0.4, -0.2) is 36.6 Å². The van der Waals surface area contributed by atoms with Crippen LogP contribution in [0.2, 0.25) is 0 Å². The average molecular weight is 253 g/mol. The molecule has 0 unspecified atom stereocenters. The van der Waals surface area contributed by atoms with E-state index in [9.17, 15) is 0 Å². The fraction of sp³-hybridized carbons (Fsp3) is 0.769. The summed E-state index contributed by atoms with van der Waals surface area (Å²) in [5, 5.41) is 6.96. The summed E-state index contributed by atoms with van der Waals surface area (Å²) in [6.07, 6.45) is 3.61. The molecule has 4 heteroatoms. The minimum atomic E-state index is 0.128. The maximum Gasteiger partial charge on any atom is 0.113 e. The highest BCUT2D eigenvalue weighted by Crippen LogP contribution is 2.34. The molecule has 3 nitrogen and oxygen atoms in total. The molecular formula is C13H23N3S. The molecule has 1 aliphatic rings. The number of nitrogens with one attached hydrogen (secondary N) is 1. The molecule has 0 amide bonds. The van der Waals surface area contributed by atoms with E-state index in [1.165, 1.54) is 43.9 Å². The fourth-order valence-electron chi connectivity index (χ4n) is 2.62. The molecule has 0 aromatic carbocycles. The third-order valence-electron chi connectivity index (χ3n) is 3.76. The minimum absolute atomic E-state index is 0.128. The highest BCUT2D eigenvalue weighted by atomic mass is 32.1. The van der Waals surface area contributed by atoms with Crippen molar-refractivity contribution >= 4 is 11.3 Å². The minimum Gasteiger partial charge on any atom is -0.308 e. The summed E-state index contributed by atoms with van der Waals surface area (Å²) >= 11 is 1.80. The van der Waals surface area contributed by atoms with Gasteiger partial charge in [-0.3, -0.25) is 0 Å². The van der Waals surface area contributed by atoms with Gasteiger partial charge in [-0.2, -0.15) is 0 Å². The lowest BCUT2D eigenvalue weighted by Crippen LogP contribution is -2.49. The van der Waals surface area contributed by atoms with Crippen LogP contribution in [-0.2, 0) is 5.54 Å². The smallest absolute Gasteiger partial charge is 0.113 e. The molecule has 2 heterocycles. The van der Waals surface area contributed by atoms with Crippen LogP contribution in [0.5, 0.6) is 0 Å². The van der Waals surface area contributed by atoms with E-state index in [-0.39, 0.29) is 5.54 Å². The van der Waals surface area contributed by atoms with Crippen LogP contribution >= 0.6 is 11.3 Å². The van der Waals surface area contributed by atoms with Gasteiger partial charge in [-0.1, -0.05) is 6.92 Å². The van der Waals surface area contributed by atoms with Gasteiger partial charge in [-0.15, -0.1) is 11.3 Å². The largest absolute Gasteiger partial charge is 0.308 e. The molecule has 0 atom stereocenters. The van der Waals surface area contributed by atoms with Crippen LogP contribution in [0.1, 0.15) is 36.9 Å². The van der Waals surface area contributed by atoms with E-state index in [4.69, 9.17) is 0 Å². The number of nitrogens with zero attached hydrogens (tertiary/aromatic N) is 2. The topological polar surface area (TPSA) is 28.2 Å². The lowest BCUT2D eigenvalue weighted by atomic mass is 9.88. The summed E-state index contributed by atoms with van der Waals surface area (Å²) in [6.45, 7) is 7.94. The van der Waals surface area contributed by atoms with Gasteiger partial charge in [0, 0.05) is 24.2 Å². The molecule has 0 saturated carbocycles. The van der Waals surface area contributed by atoms with E-state index in [1.807, 2.05) is 0 Å². The fourth-order valence-corrected chi connectivity index (χ4v) is 3.68. The number of hydrogen-bond acceptors (Lipinski definition) is 4. The maximum absolute atomic E-state index is 4.69. The Labute approximate surface area is 108 Å². The first-order valence-electron chi connectivity index (χ1n) is 6.54. The standard InChI is InChI=1S/C13H23N3S/c1-4-7-16-8-5-13(14-3,6-9-16)12-15-11(2)10-17-12/h10,14H,4-9H2,1-3H3. The highest BCUT2D eigenvalue weighted by molar-refractivity contribution is 7.09. The van der Waals surface area contributed by atoms with E-state index < -0.39 is 0 Å². The molecule has 0 bridgehead atoms. The van der Waals surface area contributed by atoms with E-state index in [1.54, 1.807) is 11.3 Å². The molecule has 2 rings (SSSR count). The van der Waals surface area contributed by atoms with Crippen molar-refractivity contribution in [1.82, 2.24) is 15.2 Å².